The van der Waals surface area contributed by atoms with Gasteiger partial charge in [-0.3, -0.25) is 0 Å². The Hall–Kier alpha value is -2.55. The fourth-order valence-corrected chi connectivity index (χ4v) is 24.1. The zero-order chi connectivity index (χ0) is 27.5. The Morgan fingerprint density at radius 3 is 1.85 bits per heavy atom. The predicted molar refractivity (Wildman–Crippen MR) is 163 cm³/mol. The van der Waals surface area contributed by atoms with Crippen molar-refractivity contribution < 1.29 is 23.3 Å². The van der Waals surface area contributed by atoms with Crippen LogP contribution in [0.2, 0.25) is 0 Å². The van der Waals surface area contributed by atoms with Crippen molar-refractivity contribution in [2.75, 3.05) is 0 Å². The molecule has 4 aromatic rings. The van der Waals surface area contributed by atoms with E-state index in [-0.39, 0.29) is 5.41 Å². The molecule has 0 bridgehead atoms. The van der Waals surface area contributed by atoms with Crippen LogP contribution in [0, 0.1) is 6.61 Å². The van der Waals surface area contributed by atoms with Crippen LogP contribution in [0.3, 0.4) is 0 Å². The van der Waals surface area contributed by atoms with E-state index in [1.54, 1.807) is 5.57 Å². The topological polar surface area (TPSA) is 9.23 Å². The zero-order valence-electron chi connectivity index (χ0n) is 24.1. The van der Waals surface area contributed by atoms with Crippen LogP contribution in [0.25, 0.3) is 17.2 Å². The average molecular weight is 680 g/mol. The van der Waals surface area contributed by atoms with Crippen LogP contribution in [-0.4, -0.2) is 0 Å². The molecular weight excluding hydrogens is 639 g/mol. The van der Waals surface area contributed by atoms with E-state index in [0.29, 0.717) is 3.67 Å². The van der Waals surface area contributed by atoms with Crippen LogP contribution in [0.5, 0.6) is 0 Å². The van der Waals surface area contributed by atoms with E-state index in [4.69, 9.17) is 2.85 Å². The summed E-state index contributed by atoms with van der Waals surface area (Å²) in [4.78, 5) is 0. The number of benzene rings is 4. The third-order valence-corrected chi connectivity index (χ3v) is 24.2. The summed E-state index contributed by atoms with van der Waals surface area (Å²) in [6, 6.07) is 38.3. The molecule has 0 saturated heterocycles. The van der Waals surface area contributed by atoms with Gasteiger partial charge < -0.3 is 0 Å². The van der Waals surface area contributed by atoms with Crippen LogP contribution >= 0.6 is 0 Å². The van der Waals surface area contributed by atoms with Gasteiger partial charge in [-0.2, -0.15) is 0 Å². The van der Waals surface area contributed by atoms with Crippen LogP contribution < -0.4 is 0 Å². The number of rotatable bonds is 9. The van der Waals surface area contributed by atoms with Crippen molar-refractivity contribution in [3.8, 4) is 11.1 Å². The molecule has 0 amide bonds. The SMILES string of the molecule is C[CH][O][Hf]([CH2]c1ccccc1)([CH2]c1ccccc1)[CH]1C(CC)=Cc2c(-c3ccc(C(C)(C)C)cc3)cccc21. The Labute approximate surface area is 240 Å². The molecule has 1 atom stereocenters. The summed E-state index contributed by atoms with van der Waals surface area (Å²) in [6.07, 6.45) is 3.55. The third-order valence-electron chi connectivity index (χ3n) is 8.19. The van der Waals surface area contributed by atoms with Gasteiger partial charge in [-0.1, -0.05) is 0 Å². The van der Waals surface area contributed by atoms with Crippen molar-refractivity contribution in [3.05, 3.63) is 143 Å². The zero-order valence-corrected chi connectivity index (χ0v) is 27.7. The van der Waals surface area contributed by atoms with E-state index in [9.17, 15) is 0 Å². The summed E-state index contributed by atoms with van der Waals surface area (Å²) >= 11 is -3.67. The predicted octanol–water partition coefficient (Wildman–Crippen LogP) is 10.2. The van der Waals surface area contributed by atoms with Crippen molar-refractivity contribution in [3.63, 3.8) is 0 Å². The first-order valence-electron chi connectivity index (χ1n) is 14.3. The molecule has 2 heteroatoms. The molecule has 1 aliphatic carbocycles. The number of allylic oxidation sites excluding steroid dienone is 1. The van der Waals surface area contributed by atoms with Crippen LogP contribution in [0.1, 0.15) is 72.5 Å². The molecule has 1 aliphatic rings. The molecule has 0 heterocycles. The molecule has 39 heavy (non-hydrogen) atoms. The van der Waals surface area contributed by atoms with E-state index in [1.807, 2.05) is 6.61 Å². The molecule has 0 aromatic heterocycles. The van der Waals surface area contributed by atoms with Gasteiger partial charge in [0.15, 0.2) is 0 Å². The second-order valence-electron chi connectivity index (χ2n) is 11.9. The van der Waals surface area contributed by atoms with Gasteiger partial charge >= 0.3 is 242 Å². The minimum absolute atomic E-state index is 0.148. The van der Waals surface area contributed by atoms with E-state index >= 15 is 0 Å². The van der Waals surface area contributed by atoms with Gasteiger partial charge in [0.05, 0.1) is 0 Å². The van der Waals surface area contributed by atoms with Gasteiger partial charge in [-0.25, -0.2) is 0 Å². The number of hydrogen-bond donors (Lipinski definition) is 0. The van der Waals surface area contributed by atoms with Gasteiger partial charge in [-0.15, -0.1) is 0 Å². The molecule has 0 fully saturated rings. The van der Waals surface area contributed by atoms with Gasteiger partial charge in [0.25, 0.3) is 0 Å². The van der Waals surface area contributed by atoms with Gasteiger partial charge in [-0.05, 0) is 0 Å². The van der Waals surface area contributed by atoms with Crippen LogP contribution in [0.15, 0.2) is 109 Å². The Kier molecular flexibility index (Phi) is 8.55. The number of fused-ring (bicyclic) bond motifs is 1. The molecule has 1 nitrogen and oxygen atoms in total. The molecule has 1 unspecified atom stereocenters. The first-order valence-corrected chi connectivity index (χ1v) is 22.9. The average Bonchev–Trinajstić information content (AvgIpc) is 3.33. The molecular formula is C37H41HfO. The summed E-state index contributed by atoms with van der Waals surface area (Å²) in [7, 11) is 0. The van der Waals surface area contributed by atoms with Gasteiger partial charge in [0, 0.05) is 0 Å². The molecule has 0 saturated carbocycles. The first kappa shape index (κ1) is 28.0. The molecule has 1 radical (unpaired) electrons. The van der Waals surface area contributed by atoms with Crippen molar-refractivity contribution >= 4 is 6.08 Å². The molecule has 0 spiro atoms. The quantitative estimate of drug-likeness (QED) is 0.160. The Morgan fingerprint density at radius 1 is 0.744 bits per heavy atom. The monoisotopic (exact) mass is 681 g/mol. The first-order chi connectivity index (χ1) is 18.8. The van der Waals surface area contributed by atoms with Crippen molar-refractivity contribution in [1.82, 2.24) is 0 Å². The summed E-state index contributed by atoms with van der Waals surface area (Å²) in [5.41, 5.74) is 11.4. The molecule has 199 valence electrons. The fourth-order valence-electron chi connectivity index (χ4n) is 6.33. The van der Waals surface area contributed by atoms with E-state index < -0.39 is 20.4 Å². The van der Waals surface area contributed by atoms with Gasteiger partial charge in [0.2, 0.25) is 0 Å². The molecule has 0 aliphatic heterocycles. The van der Waals surface area contributed by atoms with E-state index in [2.05, 4.69) is 144 Å². The van der Waals surface area contributed by atoms with Crippen LogP contribution in [-0.2, 0) is 37.0 Å². The summed E-state index contributed by atoms with van der Waals surface area (Å²) < 4.78 is 9.55. The second-order valence-corrected chi connectivity index (χ2v) is 25.0. The third kappa shape index (κ3) is 5.98. The van der Waals surface area contributed by atoms with E-state index in [1.165, 1.54) is 38.9 Å². The molecule has 4 aromatic carbocycles. The van der Waals surface area contributed by atoms with Crippen LogP contribution in [0.4, 0.5) is 0 Å². The Bertz CT molecular complexity index is 1370. The molecule has 5 rings (SSSR count). The van der Waals surface area contributed by atoms with E-state index in [0.717, 1.165) is 14.8 Å². The Balaban J connectivity index is 1.65. The summed E-state index contributed by atoms with van der Waals surface area (Å²) in [5.74, 6) is 0. The normalized spacial score (nSPS) is 15.2. The maximum atomic E-state index is 7.07. The maximum absolute atomic E-state index is 7.07. The standard InChI is InChI=1S/C21H23.2C7H7.C2H4O.Hf/c1-5-15-13-17-7-6-8-19(20(17)14-15)16-9-11-18(12-10-16)21(2,3)4;2*1-7-5-3-2-4-6-7;1-2-3;/h6-14H,5H2,1-4H3;2*2-6H,1H2;2H,1H3;/q;;;-1;+1. The van der Waals surface area contributed by atoms with Crippen molar-refractivity contribution in [1.29, 1.82) is 0 Å². The minimum atomic E-state index is -3.67. The molecule has 0 N–H and O–H groups in total. The fraction of sp³-hybridized carbons (Fsp3) is 0.270. The number of hydrogen-bond acceptors (Lipinski definition) is 1. The summed E-state index contributed by atoms with van der Waals surface area (Å²) in [5, 5.41) is 0. The summed E-state index contributed by atoms with van der Waals surface area (Å²) in [6.45, 7) is 13.2. The Morgan fingerprint density at radius 2 is 1.33 bits per heavy atom. The van der Waals surface area contributed by atoms with Crippen molar-refractivity contribution in [2.45, 2.75) is 58.5 Å². The van der Waals surface area contributed by atoms with Crippen molar-refractivity contribution in [2.24, 2.45) is 0 Å². The van der Waals surface area contributed by atoms with Gasteiger partial charge in [0.1, 0.15) is 0 Å². The second kappa shape index (κ2) is 11.9.